The van der Waals surface area contributed by atoms with Gasteiger partial charge in [0.25, 0.3) is 5.56 Å². The Morgan fingerprint density at radius 1 is 1.32 bits per heavy atom. The zero-order valence-corrected chi connectivity index (χ0v) is 14.9. The van der Waals surface area contributed by atoms with Crippen LogP contribution in [0.5, 0.6) is 5.75 Å². The summed E-state index contributed by atoms with van der Waals surface area (Å²) in [5.74, 6) is -0.0593. The van der Waals surface area contributed by atoms with E-state index in [0.717, 1.165) is 46.5 Å². The van der Waals surface area contributed by atoms with Crippen molar-refractivity contribution in [2.45, 2.75) is 39.5 Å². The fraction of sp³-hybridized carbons (Fsp3) is 0.400. The number of ether oxygens (including phenoxy) is 1. The van der Waals surface area contributed by atoms with Crippen molar-refractivity contribution in [2.24, 2.45) is 7.05 Å². The molecule has 1 aromatic carbocycles. The first-order valence-electron chi connectivity index (χ1n) is 8.57. The third kappa shape index (κ3) is 3.18. The molecule has 1 aliphatic rings. The maximum absolute atomic E-state index is 12.8. The van der Waals surface area contributed by atoms with Crippen LogP contribution in [0, 0.1) is 13.8 Å². The highest BCUT2D eigenvalue weighted by Crippen LogP contribution is 2.38. The molecule has 0 spiro atoms. The van der Waals surface area contributed by atoms with Crippen LogP contribution >= 0.6 is 0 Å². The van der Waals surface area contributed by atoms with Crippen molar-refractivity contribution in [3.05, 3.63) is 50.9 Å². The molecule has 5 heteroatoms. The van der Waals surface area contributed by atoms with Gasteiger partial charge in [-0.25, -0.2) is 0 Å². The van der Waals surface area contributed by atoms with Gasteiger partial charge in [0.05, 0.1) is 12.2 Å². The molecule has 1 aromatic heterocycles. The van der Waals surface area contributed by atoms with Gasteiger partial charge >= 0.3 is 5.97 Å². The van der Waals surface area contributed by atoms with Crippen molar-refractivity contribution in [2.75, 3.05) is 6.61 Å². The van der Waals surface area contributed by atoms with Crippen LogP contribution in [0.1, 0.15) is 35.2 Å². The lowest BCUT2D eigenvalue weighted by Crippen LogP contribution is -2.23. The van der Waals surface area contributed by atoms with Crippen molar-refractivity contribution < 1.29 is 14.6 Å². The zero-order valence-electron chi connectivity index (χ0n) is 14.9. The van der Waals surface area contributed by atoms with E-state index in [2.05, 4.69) is 0 Å². The monoisotopic (exact) mass is 341 g/mol. The summed E-state index contributed by atoms with van der Waals surface area (Å²) in [6.45, 7) is 4.48. The largest absolute Gasteiger partial charge is 0.493 e. The van der Waals surface area contributed by atoms with E-state index in [4.69, 9.17) is 9.84 Å². The molecule has 25 heavy (non-hydrogen) atoms. The Labute approximate surface area is 146 Å². The van der Waals surface area contributed by atoms with Crippen LogP contribution in [0.2, 0.25) is 0 Å². The highest BCUT2D eigenvalue weighted by atomic mass is 16.5. The molecule has 2 aromatic rings. The summed E-state index contributed by atoms with van der Waals surface area (Å²) in [6.07, 6.45) is 2.33. The van der Waals surface area contributed by atoms with Gasteiger partial charge in [-0.3, -0.25) is 9.59 Å². The van der Waals surface area contributed by atoms with Gasteiger partial charge in [0.2, 0.25) is 0 Å². The van der Waals surface area contributed by atoms with Gasteiger partial charge < -0.3 is 14.4 Å². The molecule has 1 aliphatic heterocycles. The molecule has 0 amide bonds. The smallest absolute Gasteiger partial charge is 0.303 e. The Balaban J connectivity index is 2.18. The molecule has 0 bridgehead atoms. The fourth-order valence-electron chi connectivity index (χ4n) is 3.51. The van der Waals surface area contributed by atoms with Crippen LogP contribution in [-0.2, 0) is 24.7 Å². The summed E-state index contributed by atoms with van der Waals surface area (Å²) in [4.78, 5) is 23.7. The Bertz CT molecular complexity index is 896. The van der Waals surface area contributed by atoms with Crippen LogP contribution in [0.4, 0.5) is 0 Å². The summed E-state index contributed by atoms with van der Waals surface area (Å²) in [5, 5.41) is 8.97. The first-order valence-corrected chi connectivity index (χ1v) is 8.57. The minimum atomic E-state index is -0.808. The first-order chi connectivity index (χ1) is 11.9. The molecule has 0 aliphatic carbocycles. The molecular formula is C20H23NO4. The molecule has 1 N–H and O–H groups in total. The average molecular weight is 341 g/mol. The maximum Gasteiger partial charge on any atom is 0.303 e. The summed E-state index contributed by atoms with van der Waals surface area (Å²) >= 11 is 0. The number of pyridine rings is 1. The average Bonchev–Trinajstić information content (AvgIpc) is 2.58. The number of rotatable bonds is 4. The number of hydrogen-bond acceptors (Lipinski definition) is 3. The van der Waals surface area contributed by atoms with E-state index in [1.807, 2.05) is 32.0 Å². The molecule has 132 valence electrons. The van der Waals surface area contributed by atoms with Gasteiger partial charge in [-0.2, -0.15) is 0 Å². The van der Waals surface area contributed by atoms with E-state index in [1.165, 1.54) is 0 Å². The number of hydrogen-bond donors (Lipinski definition) is 1. The van der Waals surface area contributed by atoms with Gasteiger partial charge in [0.1, 0.15) is 5.75 Å². The van der Waals surface area contributed by atoms with E-state index < -0.39 is 5.97 Å². The fourth-order valence-corrected chi connectivity index (χ4v) is 3.51. The third-order valence-corrected chi connectivity index (χ3v) is 4.92. The topological polar surface area (TPSA) is 68.5 Å². The molecule has 0 radical (unpaired) electrons. The van der Waals surface area contributed by atoms with E-state index in [0.29, 0.717) is 18.6 Å². The summed E-state index contributed by atoms with van der Waals surface area (Å²) in [5.41, 5.74) is 5.33. The molecule has 0 unspecified atom stereocenters. The summed E-state index contributed by atoms with van der Waals surface area (Å²) < 4.78 is 7.59. The highest BCUT2D eigenvalue weighted by Gasteiger charge is 2.22. The van der Waals surface area contributed by atoms with Crippen molar-refractivity contribution in [1.29, 1.82) is 0 Å². The predicted molar refractivity (Wildman–Crippen MR) is 96.4 cm³/mol. The summed E-state index contributed by atoms with van der Waals surface area (Å²) in [7, 11) is 1.77. The molecule has 2 heterocycles. The van der Waals surface area contributed by atoms with E-state index >= 15 is 0 Å². The standard InChI is InChI=1S/C20H23NO4/c1-12-11-13(2)21(3)20(24)18(12)16-8-6-14(7-9-17(22)23)15-5-4-10-25-19(15)16/h6,8,11H,4-5,7,9-10H2,1-3H3,(H,22,23). The Hall–Kier alpha value is -2.56. The van der Waals surface area contributed by atoms with Crippen LogP contribution in [0.25, 0.3) is 11.1 Å². The maximum atomic E-state index is 12.8. The third-order valence-electron chi connectivity index (χ3n) is 4.92. The number of nitrogens with zero attached hydrogens (tertiary/aromatic N) is 1. The van der Waals surface area contributed by atoms with Gasteiger partial charge in [0, 0.05) is 24.7 Å². The van der Waals surface area contributed by atoms with E-state index in [-0.39, 0.29) is 12.0 Å². The Morgan fingerprint density at radius 2 is 2.08 bits per heavy atom. The number of benzene rings is 1. The SMILES string of the molecule is Cc1cc(C)n(C)c(=O)c1-c1ccc(CCC(=O)O)c2c1OCCC2. The molecule has 0 saturated heterocycles. The number of carboxylic acids is 1. The molecule has 3 rings (SSSR count). The minimum Gasteiger partial charge on any atom is -0.493 e. The van der Waals surface area contributed by atoms with Crippen molar-refractivity contribution in [1.82, 2.24) is 4.57 Å². The Morgan fingerprint density at radius 3 is 2.80 bits per heavy atom. The molecular weight excluding hydrogens is 318 g/mol. The quantitative estimate of drug-likeness (QED) is 0.928. The van der Waals surface area contributed by atoms with Gasteiger partial charge in [-0.15, -0.1) is 0 Å². The second kappa shape index (κ2) is 6.75. The molecule has 0 atom stereocenters. The van der Waals surface area contributed by atoms with Crippen LogP contribution < -0.4 is 10.3 Å². The number of fused-ring (bicyclic) bond motifs is 1. The number of aryl methyl sites for hydroxylation is 3. The summed E-state index contributed by atoms with van der Waals surface area (Å²) in [6, 6.07) is 5.86. The normalized spacial score (nSPS) is 13.2. The number of carboxylic acid groups (broad SMARTS) is 1. The molecule has 5 nitrogen and oxygen atoms in total. The van der Waals surface area contributed by atoms with E-state index in [9.17, 15) is 9.59 Å². The van der Waals surface area contributed by atoms with E-state index in [1.54, 1.807) is 11.6 Å². The first kappa shape index (κ1) is 17.3. The van der Waals surface area contributed by atoms with Crippen LogP contribution in [-0.4, -0.2) is 22.2 Å². The lowest BCUT2D eigenvalue weighted by atomic mass is 9.90. The van der Waals surface area contributed by atoms with Crippen LogP contribution in [0.15, 0.2) is 23.0 Å². The number of carbonyl (C=O) groups is 1. The second-order valence-electron chi connectivity index (χ2n) is 6.63. The predicted octanol–water partition coefficient (Wildman–Crippen LogP) is 3.01. The van der Waals surface area contributed by atoms with Crippen molar-refractivity contribution in [3.63, 3.8) is 0 Å². The van der Waals surface area contributed by atoms with Crippen molar-refractivity contribution >= 4 is 5.97 Å². The number of aromatic nitrogens is 1. The zero-order chi connectivity index (χ0) is 18.1. The van der Waals surface area contributed by atoms with Gasteiger partial charge in [-0.05, 0) is 55.9 Å². The Kier molecular flexibility index (Phi) is 4.66. The van der Waals surface area contributed by atoms with Gasteiger partial charge in [0.15, 0.2) is 0 Å². The lowest BCUT2D eigenvalue weighted by molar-refractivity contribution is -0.136. The molecule has 0 saturated carbocycles. The number of aliphatic carboxylic acids is 1. The van der Waals surface area contributed by atoms with Crippen LogP contribution in [0.3, 0.4) is 0 Å². The van der Waals surface area contributed by atoms with Gasteiger partial charge in [-0.1, -0.05) is 12.1 Å². The minimum absolute atomic E-state index is 0.0350. The van der Waals surface area contributed by atoms with Crippen molar-refractivity contribution in [3.8, 4) is 16.9 Å². The second-order valence-corrected chi connectivity index (χ2v) is 6.63. The lowest BCUT2D eigenvalue weighted by Gasteiger charge is -2.24. The molecule has 0 fully saturated rings. The highest BCUT2D eigenvalue weighted by molar-refractivity contribution is 5.76.